The third kappa shape index (κ3) is 9.54. The molecule has 0 aliphatic carbocycles. The van der Waals surface area contributed by atoms with E-state index in [9.17, 15) is 0 Å². The molecule has 2 nitrogen and oxygen atoms in total. The van der Waals surface area contributed by atoms with Gasteiger partial charge in [0.05, 0.1) is 14.2 Å². The Morgan fingerprint density at radius 2 is 0.787 bits per heavy atom. The molecule has 0 saturated heterocycles. The molecule has 0 N–H and O–H groups in total. The van der Waals surface area contributed by atoms with Gasteiger partial charge in [-0.25, -0.2) is 0 Å². The van der Waals surface area contributed by atoms with Crippen molar-refractivity contribution in [2.24, 2.45) is 0 Å². The van der Waals surface area contributed by atoms with Gasteiger partial charge in [-0.15, -0.1) is 23.3 Å². The van der Waals surface area contributed by atoms with Crippen molar-refractivity contribution in [2.75, 3.05) is 14.2 Å². The van der Waals surface area contributed by atoms with Crippen LogP contribution in [-0.4, -0.2) is 14.2 Å². The maximum absolute atomic E-state index is 5.47. The second-order valence-electron chi connectivity index (χ2n) is 10.5. The number of methoxy groups -OCH3 is 2. The van der Waals surface area contributed by atoms with E-state index in [0.29, 0.717) is 0 Å². The third-order valence-corrected chi connectivity index (χ3v) is 7.75. The molecule has 0 spiro atoms. The summed E-state index contributed by atoms with van der Waals surface area (Å²) in [4.78, 5) is 0. The Hall–Kier alpha value is -3.97. The van der Waals surface area contributed by atoms with Gasteiger partial charge in [0, 0.05) is 11.1 Å². The SMILES string of the molecule is COc1ccccc1-c1cccc(-c2ccccc2OC)c1.[CH2-]c1c(-c2ccccc2C)cccc1-c1ccccc1C.[CH3-].[Cl][Pd][Cl]. The fourth-order valence-electron chi connectivity index (χ4n) is 5.46. The van der Waals surface area contributed by atoms with Crippen LogP contribution >= 0.6 is 19.1 Å². The molecule has 0 radical (unpaired) electrons. The van der Waals surface area contributed by atoms with Gasteiger partial charge >= 0.3 is 35.0 Å². The molecule has 0 amide bonds. The van der Waals surface area contributed by atoms with Gasteiger partial charge in [0.25, 0.3) is 0 Å². The van der Waals surface area contributed by atoms with E-state index in [1.807, 2.05) is 36.4 Å². The van der Waals surface area contributed by atoms with Crippen molar-refractivity contribution >= 4 is 19.1 Å². The summed E-state index contributed by atoms with van der Waals surface area (Å²) in [6.45, 7) is 8.65. The van der Waals surface area contributed by atoms with Crippen molar-refractivity contribution in [3.05, 3.63) is 171 Å². The van der Waals surface area contributed by atoms with Crippen molar-refractivity contribution in [3.63, 3.8) is 0 Å². The van der Waals surface area contributed by atoms with Crippen LogP contribution in [0.15, 0.2) is 140 Å². The van der Waals surface area contributed by atoms with Gasteiger partial charge in [-0.05, 0) is 43.2 Å². The van der Waals surface area contributed by atoms with Gasteiger partial charge in [-0.1, -0.05) is 131 Å². The van der Waals surface area contributed by atoms with E-state index in [2.05, 4.69) is 124 Å². The topological polar surface area (TPSA) is 18.5 Å². The standard InChI is InChI=1S/C21H19.C20H18O2.CH3.2ClH.Pd/c1-15-9-4-6-11-18(15)20-13-8-14-21(17(20)3)19-12-7-5-10-16(19)2;1-21-19-12-5-3-10-17(19)15-8-7-9-16(14-15)18-11-4-6-13-20(18)22-2;;;;/h4-14H,3H2,1-2H3;3-14H,1-2H3;1H3;2*1H;/q-1;;-1;;;+2/p-2. The Kier molecular flexibility index (Phi) is 15.2. The first-order chi connectivity index (χ1) is 22.4. The summed E-state index contributed by atoms with van der Waals surface area (Å²) in [5.41, 5.74) is 13.0. The minimum atomic E-state index is -0.106. The Balaban J connectivity index is 0.000000232. The molecule has 0 heterocycles. The molecule has 6 aromatic rings. The van der Waals surface area contributed by atoms with Crippen molar-refractivity contribution in [1.82, 2.24) is 0 Å². The zero-order valence-corrected chi connectivity index (χ0v) is 30.4. The zero-order chi connectivity index (χ0) is 32.9. The number of hydrogen-bond donors (Lipinski definition) is 0. The number of ether oxygens (including phenoxy) is 2. The van der Waals surface area contributed by atoms with Gasteiger partial charge in [0.1, 0.15) is 11.5 Å². The van der Waals surface area contributed by atoms with Crippen LogP contribution in [0, 0.1) is 28.2 Å². The van der Waals surface area contributed by atoms with E-state index in [-0.39, 0.29) is 23.4 Å². The molecular weight excluding hydrogens is 714 g/mol. The average molecular weight is 754 g/mol. The van der Waals surface area contributed by atoms with E-state index in [1.165, 1.54) is 33.4 Å². The molecular formula is C42H40Cl2O2Pd-2. The fourth-order valence-corrected chi connectivity index (χ4v) is 5.46. The minimum absolute atomic E-state index is 0. The monoisotopic (exact) mass is 752 g/mol. The van der Waals surface area contributed by atoms with E-state index in [0.717, 1.165) is 39.3 Å². The van der Waals surface area contributed by atoms with Crippen LogP contribution in [0.3, 0.4) is 0 Å². The fraction of sp³-hybridized carbons (Fsp3) is 0.0952. The molecule has 0 unspecified atom stereocenters. The number of halogens is 2. The van der Waals surface area contributed by atoms with Crippen molar-refractivity contribution < 1.29 is 25.4 Å². The second kappa shape index (κ2) is 19.0. The molecule has 0 aliphatic rings. The Labute approximate surface area is 297 Å². The number of para-hydroxylation sites is 2. The molecule has 0 aliphatic heterocycles. The average Bonchev–Trinajstić information content (AvgIpc) is 3.10. The molecule has 6 aromatic carbocycles. The van der Waals surface area contributed by atoms with Crippen LogP contribution in [0.4, 0.5) is 0 Å². The van der Waals surface area contributed by atoms with E-state index < -0.39 is 0 Å². The van der Waals surface area contributed by atoms with Crippen LogP contribution in [-0.2, 0) is 15.9 Å². The number of hydrogen-bond acceptors (Lipinski definition) is 2. The summed E-state index contributed by atoms with van der Waals surface area (Å²) in [6, 6.07) is 47.9. The Morgan fingerprint density at radius 1 is 0.468 bits per heavy atom. The number of rotatable bonds is 6. The van der Waals surface area contributed by atoms with Crippen LogP contribution in [0.1, 0.15) is 16.7 Å². The number of benzene rings is 6. The first-order valence-electron chi connectivity index (χ1n) is 14.7. The van der Waals surface area contributed by atoms with Gasteiger partial charge in [0.2, 0.25) is 0 Å². The van der Waals surface area contributed by atoms with Gasteiger partial charge in [-0.3, -0.25) is 0 Å². The molecule has 5 heteroatoms. The normalized spacial score (nSPS) is 10.0. The quantitative estimate of drug-likeness (QED) is 0.125. The third-order valence-electron chi connectivity index (χ3n) is 7.75. The van der Waals surface area contributed by atoms with Crippen LogP contribution < -0.4 is 9.47 Å². The van der Waals surface area contributed by atoms with Crippen molar-refractivity contribution in [1.29, 1.82) is 0 Å². The summed E-state index contributed by atoms with van der Waals surface area (Å²) in [7, 11) is 13.0. The Morgan fingerprint density at radius 3 is 1.17 bits per heavy atom. The second-order valence-corrected chi connectivity index (χ2v) is 12.8. The summed E-state index contributed by atoms with van der Waals surface area (Å²) in [5.74, 6) is 1.75. The summed E-state index contributed by atoms with van der Waals surface area (Å²) in [5, 5.41) is 0. The summed E-state index contributed by atoms with van der Waals surface area (Å²) >= 11 is -0.106. The van der Waals surface area contributed by atoms with Gasteiger partial charge < -0.3 is 16.9 Å². The molecule has 0 aromatic heterocycles. The Bertz CT molecular complexity index is 1740. The molecule has 0 bridgehead atoms. The van der Waals surface area contributed by atoms with E-state index in [4.69, 9.17) is 28.5 Å². The summed E-state index contributed by atoms with van der Waals surface area (Å²) < 4.78 is 10.9. The van der Waals surface area contributed by atoms with E-state index >= 15 is 0 Å². The maximum atomic E-state index is 5.47. The van der Waals surface area contributed by atoms with Crippen molar-refractivity contribution in [2.45, 2.75) is 13.8 Å². The molecule has 0 atom stereocenters. The molecule has 0 saturated carbocycles. The van der Waals surface area contributed by atoms with Crippen LogP contribution in [0.5, 0.6) is 11.5 Å². The zero-order valence-electron chi connectivity index (χ0n) is 27.4. The summed E-state index contributed by atoms with van der Waals surface area (Å²) in [6.07, 6.45) is 0. The van der Waals surface area contributed by atoms with Crippen LogP contribution in [0.2, 0.25) is 0 Å². The molecule has 47 heavy (non-hydrogen) atoms. The first-order valence-corrected chi connectivity index (χ1v) is 18.7. The predicted octanol–water partition coefficient (Wildman–Crippen LogP) is 12.7. The van der Waals surface area contributed by atoms with Crippen molar-refractivity contribution in [3.8, 4) is 56.0 Å². The van der Waals surface area contributed by atoms with Crippen LogP contribution in [0.25, 0.3) is 44.5 Å². The molecule has 246 valence electrons. The van der Waals surface area contributed by atoms with Gasteiger partial charge in [0.15, 0.2) is 0 Å². The number of aryl methyl sites for hydroxylation is 2. The molecule has 0 fully saturated rings. The predicted molar refractivity (Wildman–Crippen MR) is 200 cm³/mol. The first kappa shape index (κ1) is 37.5. The molecule has 6 rings (SSSR count). The van der Waals surface area contributed by atoms with Gasteiger partial charge in [-0.2, -0.15) is 12.5 Å². The van der Waals surface area contributed by atoms with E-state index in [1.54, 1.807) is 14.2 Å².